The Morgan fingerprint density at radius 3 is 2.38 bits per heavy atom. The second-order valence-electron chi connectivity index (χ2n) is 4.03. The second-order valence-corrected chi connectivity index (χ2v) is 5.14. The maximum absolute atomic E-state index is 2.34. The lowest BCUT2D eigenvalue weighted by atomic mass is 10.1. The van der Waals surface area contributed by atoms with Crippen LogP contribution in [0.25, 0.3) is 10.1 Å². The van der Waals surface area contributed by atoms with Crippen LogP contribution in [0.3, 0.4) is 0 Å². The molecule has 16 heavy (non-hydrogen) atoms. The van der Waals surface area contributed by atoms with Gasteiger partial charge in [0.2, 0.25) is 0 Å². The summed E-state index contributed by atoms with van der Waals surface area (Å²) in [7, 11) is 0. The molecule has 1 heteroatoms. The van der Waals surface area contributed by atoms with Crippen molar-refractivity contribution in [3.63, 3.8) is 0 Å². The van der Waals surface area contributed by atoms with E-state index in [4.69, 9.17) is 0 Å². The summed E-state index contributed by atoms with van der Waals surface area (Å²) in [5.41, 5.74) is 1.44. The molecule has 0 saturated carbocycles. The molecule has 0 aliphatic carbocycles. The van der Waals surface area contributed by atoms with Crippen molar-refractivity contribution >= 4 is 21.4 Å². The zero-order valence-electron chi connectivity index (χ0n) is 11.0. The largest absolute Gasteiger partial charge is 0.140 e. The zero-order chi connectivity index (χ0) is 12.1. The van der Waals surface area contributed by atoms with E-state index in [1.807, 2.05) is 25.2 Å². The topological polar surface area (TPSA) is 0 Å². The van der Waals surface area contributed by atoms with Gasteiger partial charge in [-0.1, -0.05) is 46.8 Å². The molecule has 1 heterocycles. The quantitative estimate of drug-likeness (QED) is 0.633. The van der Waals surface area contributed by atoms with Crippen molar-refractivity contribution in [1.29, 1.82) is 0 Å². The van der Waals surface area contributed by atoms with E-state index in [1.54, 1.807) is 0 Å². The number of hydrogen-bond acceptors (Lipinski definition) is 1. The van der Waals surface area contributed by atoms with E-state index in [1.165, 1.54) is 20.5 Å². The van der Waals surface area contributed by atoms with Gasteiger partial charge in [-0.25, -0.2) is 0 Å². The number of aryl methyl sites for hydroxylation is 1. The van der Waals surface area contributed by atoms with E-state index >= 15 is 0 Å². The Kier molecular flexibility index (Phi) is 5.01. The molecule has 0 aliphatic rings. The summed E-state index contributed by atoms with van der Waals surface area (Å²) in [5, 5.41) is 1.41. The predicted octanol–water partition coefficient (Wildman–Crippen LogP) is 5.61. The number of hydrogen-bond donors (Lipinski definition) is 0. The number of rotatable bonds is 2. The lowest BCUT2D eigenvalue weighted by Crippen LogP contribution is -1.78. The lowest BCUT2D eigenvalue weighted by Gasteiger charge is -1.96. The van der Waals surface area contributed by atoms with Gasteiger partial charge in [-0.15, -0.1) is 11.3 Å². The molecule has 0 radical (unpaired) electrons. The van der Waals surface area contributed by atoms with Gasteiger partial charge in [0.1, 0.15) is 0 Å². The third-order valence-electron chi connectivity index (χ3n) is 2.58. The summed E-state index contributed by atoms with van der Waals surface area (Å²) in [5.74, 6) is 0.650. The third kappa shape index (κ3) is 2.85. The molecule has 0 aliphatic heterocycles. The fourth-order valence-corrected chi connectivity index (χ4v) is 2.67. The van der Waals surface area contributed by atoms with Gasteiger partial charge in [0.05, 0.1) is 0 Å². The molecule has 0 atom stereocenters. The van der Waals surface area contributed by atoms with Crippen LogP contribution < -0.4 is 0 Å². The minimum atomic E-state index is 0.650. The van der Waals surface area contributed by atoms with Crippen molar-refractivity contribution in [1.82, 2.24) is 0 Å². The Balaban J connectivity index is 0.000000606. The molecular formula is C15H22S. The first kappa shape index (κ1) is 13.2. The van der Waals surface area contributed by atoms with Gasteiger partial charge in [-0.05, 0) is 35.4 Å². The molecule has 2 aromatic rings. The average Bonchev–Trinajstić information content (AvgIpc) is 2.74. The smallest absolute Gasteiger partial charge is 0.0345 e. The van der Waals surface area contributed by atoms with Crippen LogP contribution in [0.1, 0.15) is 51.0 Å². The molecule has 0 N–H and O–H groups in total. The minimum Gasteiger partial charge on any atom is -0.140 e. The highest BCUT2D eigenvalue weighted by atomic mass is 32.1. The molecule has 0 spiro atoms. The Labute approximate surface area is 103 Å². The Morgan fingerprint density at radius 1 is 1.12 bits per heavy atom. The first-order chi connectivity index (χ1) is 7.70. The number of benzene rings is 1. The van der Waals surface area contributed by atoms with Gasteiger partial charge in [-0.2, -0.15) is 0 Å². The van der Waals surface area contributed by atoms with Crippen molar-refractivity contribution in [2.45, 2.75) is 47.0 Å². The van der Waals surface area contributed by atoms with Crippen LogP contribution in [0.2, 0.25) is 0 Å². The van der Waals surface area contributed by atoms with Crippen molar-refractivity contribution in [2.24, 2.45) is 0 Å². The highest BCUT2D eigenvalue weighted by Crippen LogP contribution is 2.31. The molecule has 0 nitrogen and oxygen atoms in total. The fraction of sp³-hybridized carbons (Fsp3) is 0.467. The molecule has 0 amide bonds. The highest BCUT2D eigenvalue weighted by molar-refractivity contribution is 7.19. The van der Waals surface area contributed by atoms with Crippen molar-refractivity contribution in [3.8, 4) is 0 Å². The van der Waals surface area contributed by atoms with Crippen LogP contribution in [-0.2, 0) is 6.42 Å². The monoisotopic (exact) mass is 234 g/mol. The van der Waals surface area contributed by atoms with Crippen molar-refractivity contribution in [2.75, 3.05) is 0 Å². The molecule has 0 saturated heterocycles. The van der Waals surface area contributed by atoms with E-state index in [0.717, 1.165) is 6.42 Å². The Hall–Kier alpha value is -0.820. The maximum atomic E-state index is 2.34. The Bertz CT molecular complexity index is 438. The van der Waals surface area contributed by atoms with Crippen LogP contribution in [0.4, 0.5) is 0 Å². The van der Waals surface area contributed by atoms with E-state index in [2.05, 4.69) is 45.0 Å². The SMILES string of the molecule is CC.CCc1ccc2sc(C(C)C)cc2c1. The molecule has 0 unspecified atom stereocenters. The van der Waals surface area contributed by atoms with Crippen LogP contribution >= 0.6 is 11.3 Å². The zero-order valence-corrected chi connectivity index (χ0v) is 11.8. The van der Waals surface area contributed by atoms with E-state index in [-0.39, 0.29) is 0 Å². The van der Waals surface area contributed by atoms with Crippen LogP contribution in [-0.4, -0.2) is 0 Å². The highest BCUT2D eigenvalue weighted by Gasteiger charge is 2.05. The first-order valence-electron chi connectivity index (χ1n) is 6.23. The summed E-state index contributed by atoms with van der Waals surface area (Å²) >= 11 is 1.92. The van der Waals surface area contributed by atoms with Crippen molar-refractivity contribution in [3.05, 3.63) is 34.7 Å². The molecular weight excluding hydrogens is 212 g/mol. The molecule has 1 aromatic carbocycles. The minimum absolute atomic E-state index is 0.650. The summed E-state index contributed by atoms with van der Waals surface area (Å²) in [6.45, 7) is 10.7. The molecule has 2 rings (SSSR count). The van der Waals surface area contributed by atoms with E-state index in [0.29, 0.717) is 5.92 Å². The number of thiophene rings is 1. The van der Waals surface area contributed by atoms with E-state index < -0.39 is 0 Å². The van der Waals surface area contributed by atoms with Gasteiger partial charge >= 0.3 is 0 Å². The maximum Gasteiger partial charge on any atom is 0.0345 e. The van der Waals surface area contributed by atoms with Gasteiger partial charge in [0.25, 0.3) is 0 Å². The molecule has 0 fully saturated rings. The summed E-state index contributed by atoms with van der Waals surface area (Å²) in [4.78, 5) is 1.49. The molecule has 1 aromatic heterocycles. The number of fused-ring (bicyclic) bond motifs is 1. The normalized spacial score (nSPS) is 10.4. The summed E-state index contributed by atoms with van der Waals surface area (Å²) < 4.78 is 1.42. The van der Waals surface area contributed by atoms with Crippen LogP contribution in [0, 0.1) is 0 Å². The van der Waals surface area contributed by atoms with Gasteiger partial charge in [-0.3, -0.25) is 0 Å². The van der Waals surface area contributed by atoms with Gasteiger partial charge < -0.3 is 0 Å². The standard InChI is InChI=1S/C13H16S.C2H6/c1-4-10-5-6-12-11(7-10)8-13(14-12)9(2)3;1-2/h5-9H,4H2,1-3H3;1-2H3. The summed E-state index contributed by atoms with van der Waals surface area (Å²) in [6, 6.07) is 9.15. The van der Waals surface area contributed by atoms with Crippen LogP contribution in [0.15, 0.2) is 24.3 Å². The lowest BCUT2D eigenvalue weighted by molar-refractivity contribution is 0.890. The Morgan fingerprint density at radius 2 is 1.81 bits per heavy atom. The van der Waals surface area contributed by atoms with Crippen molar-refractivity contribution < 1.29 is 0 Å². The van der Waals surface area contributed by atoms with Gasteiger partial charge in [0.15, 0.2) is 0 Å². The predicted molar refractivity (Wildman–Crippen MR) is 76.6 cm³/mol. The van der Waals surface area contributed by atoms with E-state index in [9.17, 15) is 0 Å². The van der Waals surface area contributed by atoms with Crippen LogP contribution in [0.5, 0.6) is 0 Å². The summed E-state index contributed by atoms with van der Waals surface area (Å²) in [6.07, 6.45) is 1.13. The first-order valence-corrected chi connectivity index (χ1v) is 7.04. The average molecular weight is 234 g/mol. The molecule has 0 bridgehead atoms. The van der Waals surface area contributed by atoms with Gasteiger partial charge in [0, 0.05) is 9.58 Å². The fourth-order valence-electron chi connectivity index (χ4n) is 1.62. The third-order valence-corrected chi connectivity index (χ3v) is 3.99. The second kappa shape index (κ2) is 6.05. The molecule has 88 valence electrons.